The Labute approximate surface area is 232 Å². The summed E-state index contributed by atoms with van der Waals surface area (Å²) in [6, 6.07) is 0. The molecule has 0 saturated carbocycles. The van der Waals surface area contributed by atoms with Crippen LogP contribution in [0.25, 0.3) is 0 Å². The summed E-state index contributed by atoms with van der Waals surface area (Å²) in [5, 5.41) is 11.6. The molecule has 222 valence electrons. The van der Waals surface area contributed by atoms with Crippen molar-refractivity contribution in [2.24, 2.45) is 10.8 Å². The zero-order chi connectivity index (χ0) is 28.6. The van der Waals surface area contributed by atoms with E-state index in [1.54, 1.807) is 0 Å². The molecule has 4 aliphatic heterocycles. The molecule has 0 aromatic rings. The maximum atomic E-state index is 11.6. The first kappa shape index (κ1) is 30.7. The molecule has 0 radical (unpaired) electrons. The first-order valence-corrected chi connectivity index (χ1v) is 14.8. The lowest BCUT2D eigenvalue weighted by Crippen LogP contribution is -2.71. The third kappa shape index (κ3) is 6.14. The summed E-state index contributed by atoms with van der Waals surface area (Å²) in [6.45, 7) is 31.0. The Morgan fingerprint density at radius 3 is 0.974 bits per heavy atom. The van der Waals surface area contributed by atoms with Crippen LogP contribution in [0.15, 0.2) is 0 Å². The highest BCUT2D eigenvalue weighted by molar-refractivity contribution is 5.08. The summed E-state index contributed by atoms with van der Waals surface area (Å²) in [5.74, 6) is -1.10. The van der Waals surface area contributed by atoms with Gasteiger partial charge in [0, 0.05) is 71.8 Å². The first-order valence-electron chi connectivity index (χ1n) is 14.8. The van der Waals surface area contributed by atoms with Crippen LogP contribution in [-0.4, -0.2) is 94.3 Å². The molecule has 38 heavy (non-hydrogen) atoms. The molecule has 4 rings (SSSR count). The van der Waals surface area contributed by atoms with E-state index in [0.29, 0.717) is 39.5 Å². The quantitative estimate of drug-likeness (QED) is 0.528. The van der Waals surface area contributed by atoms with E-state index in [1.165, 1.54) is 0 Å². The van der Waals surface area contributed by atoms with Gasteiger partial charge in [-0.15, -0.1) is 0 Å². The van der Waals surface area contributed by atoms with Gasteiger partial charge in [0.2, 0.25) is 0 Å². The van der Waals surface area contributed by atoms with Crippen molar-refractivity contribution < 1.29 is 24.1 Å². The van der Waals surface area contributed by atoms with Crippen molar-refractivity contribution in [3.63, 3.8) is 0 Å². The molecule has 4 heterocycles. The van der Waals surface area contributed by atoms with Gasteiger partial charge in [-0.3, -0.25) is 9.80 Å². The molecule has 4 aliphatic rings. The van der Waals surface area contributed by atoms with Crippen molar-refractivity contribution in [2.45, 2.75) is 149 Å². The highest BCUT2D eigenvalue weighted by atomic mass is 16.7. The number of piperidine rings is 2. The minimum Gasteiger partial charge on any atom is -0.390 e. The van der Waals surface area contributed by atoms with Crippen LogP contribution in [0.2, 0.25) is 0 Å². The Balaban J connectivity index is 1.45. The Bertz CT molecular complexity index is 747. The fourth-order valence-corrected chi connectivity index (χ4v) is 8.13. The van der Waals surface area contributed by atoms with Crippen LogP contribution in [0, 0.1) is 10.8 Å². The fourth-order valence-electron chi connectivity index (χ4n) is 8.13. The summed E-state index contributed by atoms with van der Waals surface area (Å²) in [7, 11) is 0. The fraction of sp³-hybridized carbons (Fsp3) is 1.00. The summed E-state index contributed by atoms with van der Waals surface area (Å²) in [6.07, 6.45) is 2.68. The number of rotatable bonds is 4. The SMILES string of the molecule is CC1(C)COC2(CC(C)(C)N(CC(O)CN3C(C)(C)CC4(CC3(C)C)OCC(C)(C)CO4)C(C)(C)C2)OC1. The Kier molecular flexibility index (Phi) is 7.56. The average Bonchev–Trinajstić information content (AvgIpc) is 2.72. The molecule has 0 bridgehead atoms. The molecule has 1 N–H and O–H groups in total. The number of nitrogens with zero attached hydrogens (tertiary/aromatic N) is 2. The van der Waals surface area contributed by atoms with E-state index >= 15 is 0 Å². The Morgan fingerprint density at radius 2 is 0.737 bits per heavy atom. The van der Waals surface area contributed by atoms with Crippen molar-refractivity contribution in [1.29, 1.82) is 0 Å². The highest BCUT2D eigenvalue weighted by Crippen LogP contribution is 2.50. The molecule has 0 aromatic heterocycles. The molecule has 7 nitrogen and oxygen atoms in total. The smallest absolute Gasteiger partial charge is 0.171 e. The van der Waals surface area contributed by atoms with Gasteiger partial charge in [0.15, 0.2) is 11.6 Å². The van der Waals surface area contributed by atoms with Crippen molar-refractivity contribution >= 4 is 0 Å². The van der Waals surface area contributed by atoms with E-state index in [0.717, 1.165) is 25.7 Å². The standard InChI is InChI=1S/C31H58N2O5/c1-24(2)19-35-30(36-20-24)15-26(5,6)32(27(7,8)16-30)13-23(34)14-33-28(9,10)17-31(18-29(33,11)12)37-21-25(3,4)22-38-31/h23,34H,13-22H2,1-12H3. The average molecular weight is 539 g/mol. The highest BCUT2D eigenvalue weighted by Gasteiger charge is 2.58. The molecule has 2 spiro atoms. The van der Waals surface area contributed by atoms with E-state index in [-0.39, 0.29) is 33.0 Å². The second-order valence-corrected chi connectivity index (χ2v) is 17.1. The van der Waals surface area contributed by atoms with Gasteiger partial charge in [-0.2, -0.15) is 0 Å². The van der Waals surface area contributed by atoms with Gasteiger partial charge in [0.05, 0.1) is 32.5 Å². The van der Waals surface area contributed by atoms with Gasteiger partial charge in [-0.25, -0.2) is 0 Å². The van der Waals surface area contributed by atoms with Gasteiger partial charge in [0.25, 0.3) is 0 Å². The maximum absolute atomic E-state index is 11.6. The minimum absolute atomic E-state index is 0.0450. The topological polar surface area (TPSA) is 63.6 Å². The van der Waals surface area contributed by atoms with Crippen LogP contribution >= 0.6 is 0 Å². The van der Waals surface area contributed by atoms with Gasteiger partial charge < -0.3 is 24.1 Å². The van der Waals surface area contributed by atoms with Crippen LogP contribution in [-0.2, 0) is 18.9 Å². The Morgan fingerprint density at radius 1 is 0.500 bits per heavy atom. The van der Waals surface area contributed by atoms with Crippen molar-refractivity contribution in [3.05, 3.63) is 0 Å². The number of likely N-dealkylation sites (tertiary alicyclic amines) is 2. The van der Waals surface area contributed by atoms with Gasteiger partial charge >= 0.3 is 0 Å². The number of hydrogen-bond donors (Lipinski definition) is 1. The lowest BCUT2D eigenvalue weighted by atomic mass is 9.74. The third-order valence-corrected chi connectivity index (χ3v) is 9.42. The second kappa shape index (κ2) is 9.37. The Hall–Kier alpha value is -0.280. The molecule has 0 atom stereocenters. The van der Waals surface area contributed by atoms with Crippen molar-refractivity contribution in [1.82, 2.24) is 9.80 Å². The molecule has 0 amide bonds. The number of β-amino-alcohol motifs (C(OH)–C–C–N with tert-alkyl or cyclic N) is 1. The zero-order valence-electron chi connectivity index (χ0n) is 26.6. The van der Waals surface area contributed by atoms with E-state index < -0.39 is 17.7 Å². The van der Waals surface area contributed by atoms with Crippen LogP contribution in [0.3, 0.4) is 0 Å². The van der Waals surface area contributed by atoms with E-state index in [9.17, 15) is 5.11 Å². The normalized spacial score (nSPS) is 33.0. The molecule has 4 fully saturated rings. The zero-order valence-corrected chi connectivity index (χ0v) is 26.6. The van der Waals surface area contributed by atoms with Gasteiger partial charge in [0.1, 0.15) is 0 Å². The molecule has 0 aromatic carbocycles. The summed E-state index contributed by atoms with van der Waals surface area (Å²) < 4.78 is 25.8. The predicted octanol–water partition coefficient (Wildman–Crippen LogP) is 5.19. The number of aliphatic hydroxyl groups is 1. The predicted molar refractivity (Wildman–Crippen MR) is 151 cm³/mol. The van der Waals surface area contributed by atoms with E-state index in [1.807, 2.05) is 0 Å². The molecule has 7 heteroatoms. The second-order valence-electron chi connectivity index (χ2n) is 17.1. The van der Waals surface area contributed by atoms with Crippen LogP contribution < -0.4 is 0 Å². The van der Waals surface area contributed by atoms with Crippen molar-refractivity contribution in [2.75, 3.05) is 39.5 Å². The van der Waals surface area contributed by atoms with Crippen LogP contribution in [0.4, 0.5) is 0 Å². The van der Waals surface area contributed by atoms with E-state index in [4.69, 9.17) is 18.9 Å². The number of hydrogen-bond acceptors (Lipinski definition) is 7. The third-order valence-electron chi connectivity index (χ3n) is 9.42. The summed E-state index contributed by atoms with van der Waals surface area (Å²) in [4.78, 5) is 4.98. The van der Waals surface area contributed by atoms with Crippen LogP contribution in [0.1, 0.15) is 109 Å². The van der Waals surface area contributed by atoms with Crippen LogP contribution in [0.5, 0.6) is 0 Å². The van der Waals surface area contributed by atoms with E-state index in [2.05, 4.69) is 92.9 Å². The molecule has 0 unspecified atom stereocenters. The summed E-state index contributed by atoms with van der Waals surface area (Å²) >= 11 is 0. The number of aliphatic hydroxyl groups excluding tert-OH is 1. The largest absolute Gasteiger partial charge is 0.390 e. The summed E-state index contributed by atoms with van der Waals surface area (Å²) in [5.41, 5.74) is -0.641. The minimum atomic E-state index is -0.552. The first-order chi connectivity index (χ1) is 17.0. The molecular weight excluding hydrogens is 480 g/mol. The molecule has 4 saturated heterocycles. The molecule has 0 aliphatic carbocycles. The van der Waals surface area contributed by atoms with Gasteiger partial charge in [-0.1, -0.05) is 27.7 Å². The van der Waals surface area contributed by atoms with Crippen molar-refractivity contribution in [3.8, 4) is 0 Å². The molecular formula is C31H58N2O5. The monoisotopic (exact) mass is 538 g/mol. The lowest BCUT2D eigenvalue weighted by Gasteiger charge is -2.62. The van der Waals surface area contributed by atoms with Gasteiger partial charge in [-0.05, 0) is 55.4 Å². The maximum Gasteiger partial charge on any atom is 0.171 e. The lowest BCUT2D eigenvalue weighted by molar-refractivity contribution is -0.341. The number of ether oxygens (including phenoxy) is 4.